The van der Waals surface area contributed by atoms with Crippen LogP contribution in [0.25, 0.3) is 0 Å². The molecular weight excluding hydrogens is 333 g/mol. The first-order valence-electron chi connectivity index (χ1n) is 5.98. The maximum Gasteiger partial charge on any atom is 0.339 e. The Bertz CT molecular complexity index is 877. The monoisotopic (exact) mass is 345 g/mol. The van der Waals surface area contributed by atoms with E-state index in [2.05, 4.69) is 4.72 Å². The van der Waals surface area contributed by atoms with Crippen molar-refractivity contribution < 1.29 is 25.4 Å². The average Bonchev–Trinajstić information content (AvgIpc) is 2.47. The number of rotatable bonds is 5. The van der Waals surface area contributed by atoms with Crippen molar-refractivity contribution in [2.75, 3.05) is 7.05 Å². The van der Waals surface area contributed by atoms with Gasteiger partial charge in [0.25, 0.3) is 0 Å². The van der Waals surface area contributed by atoms with Gasteiger partial charge in [0.2, 0.25) is 10.0 Å². The Morgan fingerprint density at radius 2 is 1.55 bits per heavy atom. The molecule has 1 N–H and O–H groups in total. The molecule has 2 rings (SSSR count). The van der Waals surface area contributed by atoms with Crippen molar-refractivity contribution in [3.05, 3.63) is 54.3 Å². The molecule has 118 valence electrons. The lowest BCUT2D eigenvalue weighted by Crippen LogP contribution is -2.18. The largest absolute Gasteiger partial charge is 0.379 e. The molecule has 0 aliphatic carbocycles. The summed E-state index contributed by atoms with van der Waals surface area (Å²) in [6, 6.07) is 9.14. The van der Waals surface area contributed by atoms with Gasteiger partial charge in [-0.1, -0.05) is 6.07 Å². The van der Waals surface area contributed by atoms with Gasteiger partial charge in [-0.2, -0.15) is 8.42 Å². The Morgan fingerprint density at radius 3 is 2.09 bits per heavy atom. The Balaban J connectivity index is 2.31. The summed E-state index contributed by atoms with van der Waals surface area (Å²) in [4.78, 5) is -0.327. The molecule has 0 heterocycles. The van der Waals surface area contributed by atoms with E-state index in [4.69, 9.17) is 4.18 Å². The summed E-state index contributed by atoms with van der Waals surface area (Å²) in [5.41, 5.74) is 0. The third-order valence-corrected chi connectivity index (χ3v) is 5.39. The molecule has 0 unspecified atom stereocenters. The second-order valence-electron chi connectivity index (χ2n) is 4.17. The fraction of sp³-hybridized carbons (Fsp3) is 0.0769. The summed E-state index contributed by atoms with van der Waals surface area (Å²) in [5, 5.41) is 0. The Hall–Kier alpha value is -1.97. The van der Waals surface area contributed by atoms with Crippen molar-refractivity contribution in [3.8, 4) is 5.75 Å². The van der Waals surface area contributed by atoms with Crippen LogP contribution >= 0.6 is 0 Å². The molecule has 0 aliphatic heterocycles. The lowest BCUT2D eigenvalue weighted by molar-refractivity contribution is 0.483. The predicted octanol–water partition coefficient (Wildman–Crippen LogP) is 1.50. The lowest BCUT2D eigenvalue weighted by Gasteiger charge is -2.08. The Kier molecular flexibility index (Phi) is 4.50. The molecule has 6 nitrogen and oxygen atoms in total. The molecule has 2 aromatic rings. The van der Waals surface area contributed by atoms with Crippen molar-refractivity contribution in [1.82, 2.24) is 4.72 Å². The topological polar surface area (TPSA) is 89.5 Å². The highest BCUT2D eigenvalue weighted by Gasteiger charge is 2.19. The van der Waals surface area contributed by atoms with Crippen LogP contribution in [0, 0.1) is 5.82 Å². The molecule has 9 heteroatoms. The maximum atomic E-state index is 13.0. The fourth-order valence-corrected chi connectivity index (χ4v) is 3.25. The van der Waals surface area contributed by atoms with E-state index in [0.29, 0.717) is 0 Å². The van der Waals surface area contributed by atoms with Crippen molar-refractivity contribution >= 4 is 20.1 Å². The van der Waals surface area contributed by atoms with E-state index in [1.807, 2.05) is 0 Å². The number of hydrogen-bond acceptors (Lipinski definition) is 5. The summed E-state index contributed by atoms with van der Waals surface area (Å²) in [7, 11) is -6.60. The SMILES string of the molecule is CNS(=O)(=O)c1ccc(S(=O)(=O)Oc2cccc(F)c2)cc1. The van der Waals surface area contributed by atoms with Gasteiger partial charge in [-0.25, -0.2) is 17.5 Å². The van der Waals surface area contributed by atoms with E-state index in [1.165, 1.54) is 19.2 Å². The van der Waals surface area contributed by atoms with Crippen molar-refractivity contribution in [2.45, 2.75) is 9.79 Å². The molecule has 22 heavy (non-hydrogen) atoms. The first-order chi connectivity index (χ1) is 10.2. The normalized spacial score (nSPS) is 12.1. The van der Waals surface area contributed by atoms with Crippen LogP contribution in [0.15, 0.2) is 58.3 Å². The van der Waals surface area contributed by atoms with Gasteiger partial charge in [0, 0.05) is 6.07 Å². The number of sulfonamides is 1. The number of nitrogens with one attached hydrogen (secondary N) is 1. The van der Waals surface area contributed by atoms with E-state index in [0.717, 1.165) is 36.4 Å². The van der Waals surface area contributed by atoms with Crippen LogP contribution in [0.4, 0.5) is 4.39 Å². The number of benzene rings is 2. The molecule has 0 bridgehead atoms. The highest BCUT2D eigenvalue weighted by atomic mass is 32.2. The van der Waals surface area contributed by atoms with Gasteiger partial charge in [0.05, 0.1) is 4.90 Å². The van der Waals surface area contributed by atoms with E-state index in [1.54, 1.807) is 0 Å². The van der Waals surface area contributed by atoms with Crippen LogP contribution in [0.3, 0.4) is 0 Å². The summed E-state index contributed by atoms with van der Waals surface area (Å²) in [5.74, 6) is -0.810. The first kappa shape index (κ1) is 16.4. The van der Waals surface area contributed by atoms with Gasteiger partial charge < -0.3 is 4.18 Å². The summed E-state index contributed by atoms with van der Waals surface area (Å²) < 4.78 is 67.1. The third kappa shape index (κ3) is 3.62. The molecule has 2 aromatic carbocycles. The number of halogens is 1. The van der Waals surface area contributed by atoms with Crippen molar-refractivity contribution in [1.29, 1.82) is 0 Å². The van der Waals surface area contributed by atoms with Crippen LogP contribution in [-0.4, -0.2) is 23.9 Å². The maximum absolute atomic E-state index is 13.0. The van der Waals surface area contributed by atoms with Gasteiger partial charge >= 0.3 is 10.1 Å². The molecule has 0 aromatic heterocycles. The van der Waals surface area contributed by atoms with Crippen LogP contribution < -0.4 is 8.91 Å². The van der Waals surface area contributed by atoms with E-state index < -0.39 is 26.0 Å². The number of hydrogen-bond donors (Lipinski definition) is 1. The zero-order valence-electron chi connectivity index (χ0n) is 11.4. The molecule has 0 amide bonds. The van der Waals surface area contributed by atoms with Crippen LogP contribution in [0.2, 0.25) is 0 Å². The van der Waals surface area contributed by atoms with E-state index in [9.17, 15) is 21.2 Å². The third-order valence-electron chi connectivity index (χ3n) is 2.69. The zero-order valence-corrected chi connectivity index (χ0v) is 13.0. The highest BCUT2D eigenvalue weighted by Crippen LogP contribution is 2.20. The second-order valence-corrected chi connectivity index (χ2v) is 7.61. The van der Waals surface area contributed by atoms with E-state index >= 15 is 0 Å². The van der Waals surface area contributed by atoms with Gasteiger partial charge in [-0.15, -0.1) is 0 Å². The van der Waals surface area contributed by atoms with Crippen LogP contribution in [0.1, 0.15) is 0 Å². The van der Waals surface area contributed by atoms with Crippen molar-refractivity contribution in [3.63, 3.8) is 0 Å². The highest BCUT2D eigenvalue weighted by molar-refractivity contribution is 7.89. The smallest absolute Gasteiger partial charge is 0.339 e. The Morgan fingerprint density at radius 1 is 0.955 bits per heavy atom. The molecule has 0 saturated carbocycles. The van der Waals surface area contributed by atoms with Gasteiger partial charge in [-0.05, 0) is 43.4 Å². The average molecular weight is 345 g/mol. The fourth-order valence-electron chi connectivity index (χ4n) is 1.60. The van der Waals surface area contributed by atoms with Gasteiger partial charge in [0.15, 0.2) is 0 Å². The lowest BCUT2D eigenvalue weighted by atomic mass is 10.3. The molecule has 0 radical (unpaired) electrons. The molecule has 0 spiro atoms. The van der Waals surface area contributed by atoms with Gasteiger partial charge in [0.1, 0.15) is 16.5 Å². The summed E-state index contributed by atoms with van der Waals surface area (Å²) in [6.07, 6.45) is 0. The molecule has 0 fully saturated rings. The van der Waals surface area contributed by atoms with Crippen LogP contribution in [-0.2, 0) is 20.1 Å². The van der Waals surface area contributed by atoms with Crippen LogP contribution in [0.5, 0.6) is 5.75 Å². The van der Waals surface area contributed by atoms with E-state index in [-0.39, 0.29) is 15.5 Å². The first-order valence-corrected chi connectivity index (χ1v) is 8.87. The predicted molar refractivity (Wildman–Crippen MR) is 76.9 cm³/mol. The standard InChI is InChI=1S/C13H12FNO5S2/c1-15-21(16,17)12-5-7-13(8-6-12)22(18,19)20-11-4-2-3-10(14)9-11/h2-9,15H,1H3. The molecule has 0 saturated heterocycles. The van der Waals surface area contributed by atoms with Gasteiger partial charge in [-0.3, -0.25) is 0 Å². The molecular formula is C13H12FNO5S2. The van der Waals surface area contributed by atoms with Crippen molar-refractivity contribution in [2.24, 2.45) is 0 Å². The quantitative estimate of drug-likeness (QED) is 0.830. The molecule has 0 atom stereocenters. The zero-order chi connectivity index (χ0) is 16.4. The molecule has 0 aliphatic rings. The second kappa shape index (κ2) is 6.03. The minimum atomic E-state index is -4.18. The Labute approximate surface area is 127 Å². The minimum Gasteiger partial charge on any atom is -0.379 e. The summed E-state index contributed by atoms with van der Waals surface area (Å²) in [6.45, 7) is 0. The summed E-state index contributed by atoms with van der Waals surface area (Å²) >= 11 is 0. The minimum absolute atomic E-state index is 0.0836.